The lowest BCUT2D eigenvalue weighted by atomic mass is 10.1. The van der Waals surface area contributed by atoms with Gasteiger partial charge in [0, 0.05) is 11.6 Å². The van der Waals surface area contributed by atoms with Gasteiger partial charge in [-0.1, -0.05) is 17.7 Å². The topological polar surface area (TPSA) is 101 Å². The first-order valence-electron chi connectivity index (χ1n) is 7.34. The Morgan fingerprint density at radius 1 is 1.08 bits per heavy atom. The lowest BCUT2D eigenvalue weighted by Crippen LogP contribution is -2.13. The van der Waals surface area contributed by atoms with E-state index in [1.54, 1.807) is 12.1 Å². The molecule has 0 unspecified atom stereocenters. The molecule has 130 valence electrons. The van der Waals surface area contributed by atoms with Gasteiger partial charge in [-0.3, -0.25) is 9.52 Å². The minimum atomic E-state index is -3.82. The van der Waals surface area contributed by atoms with Crippen molar-refractivity contribution >= 4 is 33.5 Å². The van der Waals surface area contributed by atoms with Gasteiger partial charge >= 0.3 is 5.97 Å². The number of anilines is 1. The van der Waals surface area contributed by atoms with E-state index in [1.807, 2.05) is 6.92 Å². The zero-order chi connectivity index (χ0) is 18.6. The minimum Gasteiger partial charge on any atom is -0.478 e. The zero-order valence-electron chi connectivity index (χ0n) is 13.7. The maximum Gasteiger partial charge on any atom is 0.328 e. The maximum atomic E-state index is 12.5. The number of nitrogens with one attached hydrogen (secondary N) is 1. The summed E-state index contributed by atoms with van der Waals surface area (Å²) in [4.78, 5) is 22.4. The maximum absolute atomic E-state index is 12.5. The quantitative estimate of drug-likeness (QED) is 0.610. The highest BCUT2D eigenvalue weighted by molar-refractivity contribution is 7.92. The van der Waals surface area contributed by atoms with Crippen molar-refractivity contribution in [2.75, 3.05) is 4.72 Å². The van der Waals surface area contributed by atoms with Crippen LogP contribution in [0.1, 0.15) is 28.4 Å². The second kappa shape index (κ2) is 7.31. The van der Waals surface area contributed by atoms with Crippen molar-refractivity contribution in [1.29, 1.82) is 0 Å². The van der Waals surface area contributed by atoms with Gasteiger partial charge in [0.15, 0.2) is 5.78 Å². The Morgan fingerprint density at radius 3 is 2.28 bits per heavy atom. The van der Waals surface area contributed by atoms with E-state index in [0.717, 1.165) is 11.6 Å². The van der Waals surface area contributed by atoms with Crippen LogP contribution in [0.25, 0.3) is 6.08 Å². The van der Waals surface area contributed by atoms with E-state index >= 15 is 0 Å². The summed E-state index contributed by atoms with van der Waals surface area (Å²) in [5.41, 5.74) is 1.78. The van der Waals surface area contributed by atoms with Gasteiger partial charge in [0.25, 0.3) is 10.0 Å². The molecule has 2 rings (SSSR count). The van der Waals surface area contributed by atoms with Crippen LogP contribution in [0.3, 0.4) is 0 Å². The van der Waals surface area contributed by atoms with Crippen LogP contribution in [0.5, 0.6) is 0 Å². The molecule has 0 amide bonds. The summed E-state index contributed by atoms with van der Waals surface area (Å²) >= 11 is 0. The van der Waals surface area contributed by atoms with E-state index in [9.17, 15) is 18.0 Å². The standard InChI is InChI=1S/C18H17NO5S/c1-12-3-6-17(7-4-12)25(23,24)19-16-10-14(5-8-18(21)22)9-15(11-16)13(2)20/h3-11,19H,1-2H3,(H,21,22)/b8-5+. The summed E-state index contributed by atoms with van der Waals surface area (Å²) in [7, 11) is -3.82. The number of rotatable bonds is 6. The summed E-state index contributed by atoms with van der Waals surface area (Å²) in [6.07, 6.45) is 2.20. The fourth-order valence-electron chi connectivity index (χ4n) is 2.11. The average Bonchev–Trinajstić information content (AvgIpc) is 2.52. The van der Waals surface area contributed by atoms with Gasteiger partial charge < -0.3 is 5.11 Å². The van der Waals surface area contributed by atoms with Crippen molar-refractivity contribution in [2.24, 2.45) is 0 Å². The van der Waals surface area contributed by atoms with Crippen LogP contribution in [0.4, 0.5) is 5.69 Å². The highest BCUT2D eigenvalue weighted by atomic mass is 32.2. The largest absolute Gasteiger partial charge is 0.478 e. The number of hydrogen-bond donors (Lipinski definition) is 2. The molecule has 0 atom stereocenters. The number of carboxylic acid groups (broad SMARTS) is 1. The molecule has 0 aliphatic rings. The van der Waals surface area contributed by atoms with E-state index in [4.69, 9.17) is 5.11 Å². The molecular weight excluding hydrogens is 342 g/mol. The summed E-state index contributed by atoms with van der Waals surface area (Å²) in [6, 6.07) is 10.7. The molecule has 0 aromatic heterocycles. The number of carbonyl (C=O) groups is 2. The number of sulfonamides is 1. The fourth-order valence-corrected chi connectivity index (χ4v) is 3.15. The third-order valence-corrected chi connectivity index (χ3v) is 4.76. The zero-order valence-corrected chi connectivity index (χ0v) is 14.5. The number of Topliss-reactive ketones (excluding diaryl/α,β-unsaturated/α-hetero) is 1. The van der Waals surface area contributed by atoms with Crippen molar-refractivity contribution in [1.82, 2.24) is 0 Å². The highest BCUT2D eigenvalue weighted by Crippen LogP contribution is 2.21. The van der Waals surface area contributed by atoms with E-state index in [0.29, 0.717) is 5.56 Å². The van der Waals surface area contributed by atoms with E-state index < -0.39 is 16.0 Å². The van der Waals surface area contributed by atoms with Gasteiger partial charge in [-0.05, 0) is 55.8 Å². The van der Waals surface area contributed by atoms with Crippen LogP contribution in [0, 0.1) is 6.92 Å². The van der Waals surface area contributed by atoms with Gasteiger partial charge in [-0.15, -0.1) is 0 Å². The number of aryl methyl sites for hydroxylation is 1. The summed E-state index contributed by atoms with van der Waals surface area (Å²) in [6.45, 7) is 3.19. The van der Waals surface area contributed by atoms with E-state index in [1.165, 1.54) is 43.3 Å². The third-order valence-electron chi connectivity index (χ3n) is 3.36. The Morgan fingerprint density at radius 2 is 1.72 bits per heavy atom. The lowest BCUT2D eigenvalue weighted by Gasteiger charge is -2.10. The van der Waals surface area contributed by atoms with Gasteiger partial charge in [-0.2, -0.15) is 0 Å². The van der Waals surface area contributed by atoms with Crippen LogP contribution in [0.2, 0.25) is 0 Å². The highest BCUT2D eigenvalue weighted by Gasteiger charge is 2.15. The van der Waals surface area contributed by atoms with Crippen molar-refractivity contribution in [3.63, 3.8) is 0 Å². The van der Waals surface area contributed by atoms with Crippen molar-refractivity contribution in [3.05, 3.63) is 65.2 Å². The predicted octanol–water partition coefficient (Wildman–Crippen LogP) is 3.10. The summed E-state index contributed by atoms with van der Waals surface area (Å²) < 4.78 is 27.3. The van der Waals surface area contributed by atoms with Gasteiger partial charge in [-0.25, -0.2) is 13.2 Å². The Bertz CT molecular complexity index is 944. The van der Waals surface area contributed by atoms with Gasteiger partial charge in [0.05, 0.1) is 10.6 Å². The van der Waals surface area contributed by atoms with E-state index in [-0.39, 0.29) is 21.9 Å². The molecule has 0 spiro atoms. The summed E-state index contributed by atoms with van der Waals surface area (Å²) in [5.74, 6) is -1.41. The van der Waals surface area contributed by atoms with Crippen LogP contribution in [-0.2, 0) is 14.8 Å². The molecule has 0 aliphatic heterocycles. The second-order valence-electron chi connectivity index (χ2n) is 5.49. The fraction of sp³-hybridized carbons (Fsp3) is 0.111. The smallest absolute Gasteiger partial charge is 0.328 e. The summed E-state index contributed by atoms with van der Waals surface area (Å²) in [5, 5.41) is 8.71. The lowest BCUT2D eigenvalue weighted by molar-refractivity contribution is -0.131. The molecule has 2 aromatic carbocycles. The number of carboxylic acids is 1. The molecule has 2 N–H and O–H groups in total. The van der Waals surface area contributed by atoms with Gasteiger partial charge in [0.1, 0.15) is 0 Å². The van der Waals surface area contributed by atoms with Crippen LogP contribution < -0.4 is 4.72 Å². The van der Waals surface area contributed by atoms with Crippen molar-refractivity contribution < 1.29 is 23.1 Å². The first-order chi connectivity index (χ1) is 11.7. The molecule has 2 aromatic rings. The number of carbonyl (C=O) groups excluding carboxylic acids is 1. The van der Waals surface area contributed by atoms with Gasteiger partial charge in [0.2, 0.25) is 0 Å². The second-order valence-corrected chi connectivity index (χ2v) is 7.17. The monoisotopic (exact) mass is 359 g/mol. The Kier molecular flexibility index (Phi) is 5.38. The molecule has 0 saturated heterocycles. The SMILES string of the molecule is CC(=O)c1cc(/C=C/C(=O)O)cc(NS(=O)(=O)c2ccc(C)cc2)c1. The number of aliphatic carboxylic acids is 1. The number of benzene rings is 2. The normalized spacial score (nSPS) is 11.4. The molecule has 0 aliphatic carbocycles. The van der Waals surface area contributed by atoms with Crippen LogP contribution in [-0.4, -0.2) is 25.3 Å². The Balaban J connectivity index is 2.42. The Labute approximate surface area is 145 Å². The molecule has 25 heavy (non-hydrogen) atoms. The molecule has 0 saturated carbocycles. The third kappa shape index (κ3) is 5.02. The average molecular weight is 359 g/mol. The molecular formula is C18H17NO5S. The predicted molar refractivity (Wildman–Crippen MR) is 95.1 cm³/mol. The molecule has 0 fully saturated rings. The number of hydrogen-bond acceptors (Lipinski definition) is 4. The first-order valence-corrected chi connectivity index (χ1v) is 8.82. The number of ketones is 1. The van der Waals surface area contributed by atoms with Crippen molar-refractivity contribution in [2.45, 2.75) is 18.7 Å². The molecule has 6 nitrogen and oxygen atoms in total. The Hall–Kier alpha value is -2.93. The van der Waals surface area contributed by atoms with E-state index in [2.05, 4.69) is 4.72 Å². The van der Waals surface area contributed by atoms with Crippen LogP contribution >= 0.6 is 0 Å². The first kappa shape index (κ1) is 18.4. The minimum absolute atomic E-state index is 0.0916. The molecule has 0 radical (unpaired) electrons. The van der Waals surface area contributed by atoms with Crippen molar-refractivity contribution in [3.8, 4) is 0 Å². The molecule has 0 heterocycles. The molecule has 0 bridgehead atoms. The van der Waals surface area contributed by atoms with Crippen LogP contribution in [0.15, 0.2) is 53.4 Å². The molecule has 7 heteroatoms.